The first-order chi connectivity index (χ1) is 18.9. The minimum atomic E-state index is -4.20. The summed E-state index contributed by atoms with van der Waals surface area (Å²) in [6.07, 6.45) is 0.305. The van der Waals surface area contributed by atoms with Gasteiger partial charge in [0.1, 0.15) is 12.6 Å². The number of carbonyl (C=O) groups is 2. The second kappa shape index (κ2) is 13.7. The van der Waals surface area contributed by atoms with Gasteiger partial charge in [-0.1, -0.05) is 71.6 Å². The number of anilines is 1. The Kier molecular flexibility index (Phi) is 10.9. The van der Waals surface area contributed by atoms with Crippen LogP contribution in [0.4, 0.5) is 5.69 Å². The number of hydrogen-bond donors (Lipinski definition) is 1. The molecule has 0 unspecified atom stereocenters. The van der Waals surface area contributed by atoms with Gasteiger partial charge < -0.3 is 10.2 Å². The van der Waals surface area contributed by atoms with Crippen molar-refractivity contribution in [3.8, 4) is 0 Å². The zero-order valence-corrected chi connectivity index (χ0v) is 25.8. The topological polar surface area (TPSA) is 86.8 Å². The lowest BCUT2D eigenvalue weighted by Gasteiger charge is -2.33. The van der Waals surface area contributed by atoms with E-state index >= 15 is 0 Å². The number of amides is 2. The fourth-order valence-corrected chi connectivity index (χ4v) is 6.23. The van der Waals surface area contributed by atoms with Gasteiger partial charge in [-0.2, -0.15) is 0 Å². The highest BCUT2D eigenvalue weighted by molar-refractivity contribution is 7.92. The molecule has 0 aliphatic heterocycles. The molecule has 1 N–H and O–H groups in total. The summed E-state index contributed by atoms with van der Waals surface area (Å²) < 4.78 is 29.0. The first-order valence-corrected chi connectivity index (χ1v) is 15.3. The van der Waals surface area contributed by atoms with E-state index in [2.05, 4.69) is 5.32 Å². The van der Waals surface area contributed by atoms with Gasteiger partial charge in [-0.25, -0.2) is 8.42 Å². The molecule has 0 fully saturated rings. The molecule has 3 rings (SSSR count). The van der Waals surface area contributed by atoms with Crippen LogP contribution in [-0.2, 0) is 26.2 Å². The van der Waals surface area contributed by atoms with Crippen molar-refractivity contribution in [1.82, 2.24) is 10.2 Å². The lowest BCUT2D eigenvalue weighted by atomic mass is 10.1. The molecule has 0 saturated heterocycles. The molecule has 40 heavy (non-hydrogen) atoms. The third kappa shape index (κ3) is 7.29. The van der Waals surface area contributed by atoms with Gasteiger partial charge in [0, 0.05) is 18.1 Å². The molecule has 1 atom stereocenters. The Morgan fingerprint density at radius 2 is 1.57 bits per heavy atom. The number of benzene rings is 3. The maximum atomic E-state index is 14.1. The van der Waals surface area contributed by atoms with E-state index < -0.39 is 28.5 Å². The van der Waals surface area contributed by atoms with E-state index in [0.717, 1.165) is 9.87 Å². The van der Waals surface area contributed by atoms with E-state index in [1.807, 2.05) is 6.92 Å². The maximum absolute atomic E-state index is 14.1. The van der Waals surface area contributed by atoms with E-state index in [1.165, 1.54) is 17.0 Å². The van der Waals surface area contributed by atoms with Crippen LogP contribution in [0.1, 0.15) is 37.0 Å². The number of nitrogens with zero attached hydrogens (tertiary/aromatic N) is 2. The van der Waals surface area contributed by atoms with Crippen molar-refractivity contribution in [1.29, 1.82) is 0 Å². The highest BCUT2D eigenvalue weighted by Crippen LogP contribution is 2.32. The van der Waals surface area contributed by atoms with Gasteiger partial charge in [0.25, 0.3) is 10.0 Å². The van der Waals surface area contributed by atoms with Crippen LogP contribution < -0.4 is 9.62 Å². The SMILES string of the molecule is CCNC(=O)[C@H](CC)N(Cc1ccc(Cl)c(Cl)c1)C(=O)CN(c1cccc(Cl)c1C)S(=O)(=O)c1ccc(C)cc1. The summed E-state index contributed by atoms with van der Waals surface area (Å²) in [5, 5.41) is 3.78. The van der Waals surface area contributed by atoms with Crippen LogP contribution in [0.25, 0.3) is 0 Å². The number of likely N-dealkylation sites (N-methyl/N-ethyl adjacent to an activating group) is 1. The zero-order chi connectivity index (χ0) is 29.6. The quantitative estimate of drug-likeness (QED) is 0.267. The van der Waals surface area contributed by atoms with Crippen LogP contribution >= 0.6 is 34.8 Å². The number of rotatable bonds is 11. The molecule has 3 aromatic carbocycles. The standard InChI is InChI=1S/C29H32Cl3N3O4S/c1-5-26(29(37)33-6-2)34(17-21-12-15-24(31)25(32)16-21)28(36)18-35(27-9-7-8-23(30)20(27)4)40(38,39)22-13-10-19(3)11-14-22/h7-16,26H,5-6,17-18H2,1-4H3,(H,33,37)/t26-/m0/s1. The Bertz CT molecular complexity index is 1480. The van der Waals surface area contributed by atoms with Gasteiger partial charge in [0.05, 0.1) is 20.6 Å². The normalized spacial score (nSPS) is 12.1. The van der Waals surface area contributed by atoms with Crippen LogP contribution in [0.5, 0.6) is 0 Å². The smallest absolute Gasteiger partial charge is 0.264 e. The monoisotopic (exact) mass is 623 g/mol. The zero-order valence-electron chi connectivity index (χ0n) is 22.7. The van der Waals surface area contributed by atoms with Crippen molar-refractivity contribution < 1.29 is 18.0 Å². The van der Waals surface area contributed by atoms with Gasteiger partial charge in [0.15, 0.2) is 0 Å². The molecule has 0 bridgehead atoms. The van der Waals surface area contributed by atoms with E-state index in [1.54, 1.807) is 69.3 Å². The molecule has 3 aromatic rings. The summed E-state index contributed by atoms with van der Waals surface area (Å²) in [6, 6.07) is 15.3. The number of carbonyl (C=O) groups excluding carboxylic acids is 2. The lowest BCUT2D eigenvalue weighted by Crippen LogP contribution is -2.52. The Hall–Kier alpha value is -2.78. The van der Waals surface area contributed by atoms with E-state index in [-0.39, 0.29) is 23.0 Å². The third-order valence-corrected chi connectivity index (χ3v) is 9.39. The highest BCUT2D eigenvalue weighted by Gasteiger charge is 2.34. The van der Waals surface area contributed by atoms with Crippen LogP contribution in [0.2, 0.25) is 15.1 Å². The lowest BCUT2D eigenvalue weighted by molar-refractivity contribution is -0.140. The van der Waals surface area contributed by atoms with Crippen LogP contribution in [-0.4, -0.2) is 44.3 Å². The van der Waals surface area contributed by atoms with Gasteiger partial charge in [-0.05, 0) is 74.7 Å². The molecule has 214 valence electrons. The average molecular weight is 625 g/mol. The minimum Gasteiger partial charge on any atom is -0.355 e. The highest BCUT2D eigenvalue weighted by atomic mass is 35.5. The molecule has 0 radical (unpaired) electrons. The number of halogens is 3. The minimum absolute atomic E-state index is 0.0122. The summed E-state index contributed by atoms with van der Waals surface area (Å²) in [5.41, 5.74) is 2.29. The first-order valence-electron chi connectivity index (χ1n) is 12.8. The molecule has 0 heterocycles. The fourth-order valence-electron chi connectivity index (χ4n) is 4.26. The largest absolute Gasteiger partial charge is 0.355 e. The Labute approximate surface area is 251 Å². The van der Waals surface area contributed by atoms with Crippen molar-refractivity contribution >= 4 is 62.3 Å². The number of sulfonamides is 1. The van der Waals surface area contributed by atoms with Gasteiger partial charge >= 0.3 is 0 Å². The molecule has 0 aromatic heterocycles. The molecule has 0 aliphatic rings. The third-order valence-electron chi connectivity index (χ3n) is 6.47. The van der Waals surface area contributed by atoms with E-state index in [9.17, 15) is 18.0 Å². The van der Waals surface area contributed by atoms with Crippen LogP contribution in [0.3, 0.4) is 0 Å². The molecule has 11 heteroatoms. The summed E-state index contributed by atoms with van der Waals surface area (Å²) in [5.74, 6) is -0.912. The van der Waals surface area contributed by atoms with Crippen LogP contribution in [0.15, 0.2) is 65.6 Å². The summed E-state index contributed by atoms with van der Waals surface area (Å²) >= 11 is 18.7. The fraction of sp³-hybridized carbons (Fsp3) is 0.310. The second-order valence-corrected chi connectivity index (χ2v) is 12.4. The number of nitrogens with one attached hydrogen (secondary N) is 1. The summed E-state index contributed by atoms with van der Waals surface area (Å²) in [4.78, 5) is 28.5. The van der Waals surface area contributed by atoms with Crippen molar-refractivity contribution in [2.24, 2.45) is 0 Å². The molecule has 0 spiro atoms. The second-order valence-electron chi connectivity index (χ2n) is 9.30. The predicted octanol–water partition coefficient (Wildman–Crippen LogP) is 6.40. The van der Waals surface area contributed by atoms with E-state index in [4.69, 9.17) is 34.8 Å². The molecule has 2 amide bonds. The number of aryl methyl sites for hydroxylation is 1. The molecule has 0 aliphatic carbocycles. The first kappa shape index (κ1) is 31.7. The predicted molar refractivity (Wildman–Crippen MR) is 162 cm³/mol. The van der Waals surface area contributed by atoms with Gasteiger partial charge in [-0.15, -0.1) is 0 Å². The van der Waals surface area contributed by atoms with Gasteiger partial charge in [-0.3, -0.25) is 13.9 Å². The van der Waals surface area contributed by atoms with Crippen LogP contribution in [0, 0.1) is 13.8 Å². The van der Waals surface area contributed by atoms with Crippen molar-refractivity contribution in [2.45, 2.75) is 51.6 Å². The summed E-state index contributed by atoms with van der Waals surface area (Å²) in [7, 11) is -4.20. The molecular weight excluding hydrogens is 593 g/mol. The Morgan fingerprint density at radius 1 is 0.900 bits per heavy atom. The number of hydrogen-bond acceptors (Lipinski definition) is 4. The van der Waals surface area contributed by atoms with Crippen molar-refractivity contribution in [2.75, 3.05) is 17.4 Å². The van der Waals surface area contributed by atoms with Crippen molar-refractivity contribution in [3.63, 3.8) is 0 Å². The average Bonchev–Trinajstić information content (AvgIpc) is 2.91. The maximum Gasteiger partial charge on any atom is 0.264 e. The molecular formula is C29H32Cl3N3O4S. The van der Waals surface area contributed by atoms with E-state index in [0.29, 0.717) is 39.2 Å². The van der Waals surface area contributed by atoms with Crippen molar-refractivity contribution in [3.05, 3.63) is 92.4 Å². The molecule has 0 saturated carbocycles. The molecule has 7 nitrogen and oxygen atoms in total. The van der Waals surface area contributed by atoms with Gasteiger partial charge in [0.2, 0.25) is 11.8 Å². The summed E-state index contributed by atoms with van der Waals surface area (Å²) in [6.45, 7) is 6.94. The Morgan fingerprint density at radius 3 is 2.17 bits per heavy atom. The Balaban J connectivity index is 2.11.